The maximum Gasteiger partial charge on any atom is 0.119 e. The van der Waals surface area contributed by atoms with E-state index in [1.807, 2.05) is 0 Å². The predicted molar refractivity (Wildman–Crippen MR) is 73.4 cm³/mol. The van der Waals surface area contributed by atoms with Crippen molar-refractivity contribution < 1.29 is 4.74 Å². The number of ether oxygens (including phenoxy) is 1. The second-order valence-electron chi connectivity index (χ2n) is 4.53. The highest BCUT2D eigenvalue weighted by molar-refractivity contribution is 5.27. The summed E-state index contributed by atoms with van der Waals surface area (Å²) in [6.07, 6.45) is 4.48. The first-order valence-corrected chi connectivity index (χ1v) is 6.71. The lowest BCUT2D eigenvalue weighted by molar-refractivity contribution is 0.240. The van der Waals surface area contributed by atoms with E-state index < -0.39 is 0 Å². The fourth-order valence-corrected chi connectivity index (χ4v) is 1.80. The normalized spacial score (nSPS) is 10.8. The molecule has 0 radical (unpaired) electrons. The molecule has 0 bridgehead atoms. The summed E-state index contributed by atoms with van der Waals surface area (Å²) in [5.41, 5.74) is 6.83. The molecule has 0 unspecified atom stereocenters. The van der Waals surface area contributed by atoms with Crippen molar-refractivity contribution in [3.05, 3.63) is 29.8 Å². The number of hydrogen-bond donors (Lipinski definition) is 1. The van der Waals surface area contributed by atoms with Crippen LogP contribution in [0, 0.1) is 5.92 Å². The Morgan fingerprint density at radius 3 is 2.29 bits per heavy atom. The molecular formula is C15H25NO. The summed E-state index contributed by atoms with van der Waals surface area (Å²) in [6.45, 7) is 6.02. The van der Waals surface area contributed by atoms with E-state index in [0.717, 1.165) is 31.7 Å². The van der Waals surface area contributed by atoms with Crippen molar-refractivity contribution in [3.63, 3.8) is 0 Å². The van der Waals surface area contributed by atoms with Gasteiger partial charge in [-0.25, -0.2) is 0 Å². The molecule has 2 heteroatoms. The molecule has 0 spiro atoms. The molecule has 0 aliphatic rings. The minimum absolute atomic E-state index is 0.673. The molecular weight excluding hydrogens is 210 g/mol. The molecule has 2 N–H and O–H groups in total. The van der Waals surface area contributed by atoms with Crippen LogP contribution in [0.3, 0.4) is 0 Å². The van der Waals surface area contributed by atoms with Gasteiger partial charge in [0.15, 0.2) is 0 Å². The average molecular weight is 235 g/mol. The largest absolute Gasteiger partial charge is 0.493 e. The van der Waals surface area contributed by atoms with Gasteiger partial charge in [0.05, 0.1) is 6.61 Å². The molecule has 0 saturated heterocycles. The molecule has 0 aliphatic heterocycles. The van der Waals surface area contributed by atoms with Crippen molar-refractivity contribution in [2.75, 3.05) is 13.2 Å². The number of aryl methyl sites for hydroxylation is 1. The van der Waals surface area contributed by atoms with Crippen LogP contribution in [0.5, 0.6) is 5.75 Å². The summed E-state index contributed by atoms with van der Waals surface area (Å²) in [5, 5.41) is 0. The predicted octanol–water partition coefficient (Wildman–Crippen LogP) is 3.39. The lowest BCUT2D eigenvalue weighted by Crippen LogP contribution is -2.10. The van der Waals surface area contributed by atoms with Crippen LogP contribution >= 0.6 is 0 Å². The van der Waals surface area contributed by atoms with Crippen molar-refractivity contribution in [1.29, 1.82) is 0 Å². The molecule has 1 aromatic carbocycles. The molecule has 0 aliphatic carbocycles. The zero-order valence-electron chi connectivity index (χ0n) is 11.1. The summed E-state index contributed by atoms with van der Waals surface area (Å²) in [7, 11) is 0. The highest BCUT2D eigenvalue weighted by atomic mass is 16.5. The van der Waals surface area contributed by atoms with Crippen molar-refractivity contribution in [2.45, 2.75) is 39.5 Å². The first kappa shape index (κ1) is 14.0. The van der Waals surface area contributed by atoms with Gasteiger partial charge >= 0.3 is 0 Å². The Kier molecular flexibility index (Phi) is 6.71. The molecule has 0 fully saturated rings. The lowest BCUT2D eigenvalue weighted by Gasteiger charge is -2.13. The van der Waals surface area contributed by atoms with E-state index in [4.69, 9.17) is 10.5 Å². The Hall–Kier alpha value is -1.02. The molecule has 0 heterocycles. The van der Waals surface area contributed by atoms with Gasteiger partial charge < -0.3 is 10.5 Å². The highest BCUT2D eigenvalue weighted by Crippen LogP contribution is 2.16. The molecule has 0 saturated carbocycles. The van der Waals surface area contributed by atoms with Crippen LogP contribution in [0.2, 0.25) is 0 Å². The van der Waals surface area contributed by atoms with Crippen molar-refractivity contribution in [2.24, 2.45) is 11.7 Å². The summed E-state index contributed by atoms with van der Waals surface area (Å²) < 4.78 is 5.78. The third-order valence-corrected chi connectivity index (χ3v) is 3.23. The second kappa shape index (κ2) is 8.13. The quantitative estimate of drug-likeness (QED) is 0.749. The molecule has 2 nitrogen and oxygen atoms in total. The minimum Gasteiger partial charge on any atom is -0.493 e. The van der Waals surface area contributed by atoms with Crippen LogP contribution in [0.15, 0.2) is 24.3 Å². The lowest BCUT2D eigenvalue weighted by atomic mass is 10.1. The van der Waals surface area contributed by atoms with Crippen LogP contribution in [0.4, 0.5) is 0 Å². The summed E-state index contributed by atoms with van der Waals surface area (Å²) in [5.74, 6) is 1.65. The smallest absolute Gasteiger partial charge is 0.119 e. The number of benzene rings is 1. The van der Waals surface area contributed by atoms with E-state index in [9.17, 15) is 0 Å². The van der Waals surface area contributed by atoms with E-state index in [2.05, 4.69) is 38.1 Å². The summed E-state index contributed by atoms with van der Waals surface area (Å²) in [4.78, 5) is 0. The van der Waals surface area contributed by atoms with Crippen LogP contribution in [0.1, 0.15) is 38.7 Å². The fraction of sp³-hybridized carbons (Fsp3) is 0.600. The monoisotopic (exact) mass is 235 g/mol. The van der Waals surface area contributed by atoms with Crippen LogP contribution < -0.4 is 10.5 Å². The number of nitrogens with two attached hydrogens (primary N) is 1. The van der Waals surface area contributed by atoms with Crippen LogP contribution in [0.25, 0.3) is 0 Å². The van der Waals surface area contributed by atoms with Crippen molar-refractivity contribution >= 4 is 0 Å². The zero-order chi connectivity index (χ0) is 12.5. The molecule has 0 amide bonds. The van der Waals surface area contributed by atoms with Gasteiger partial charge in [0.25, 0.3) is 0 Å². The number of hydrogen-bond acceptors (Lipinski definition) is 2. The minimum atomic E-state index is 0.673. The van der Waals surface area contributed by atoms with Gasteiger partial charge in [-0.05, 0) is 43.0 Å². The summed E-state index contributed by atoms with van der Waals surface area (Å²) in [6, 6.07) is 8.40. The Labute approximate surface area is 105 Å². The van der Waals surface area contributed by atoms with Gasteiger partial charge in [0.2, 0.25) is 0 Å². The Balaban J connectivity index is 2.39. The molecule has 1 aromatic rings. The summed E-state index contributed by atoms with van der Waals surface area (Å²) >= 11 is 0. The maximum atomic E-state index is 5.78. The van der Waals surface area contributed by atoms with Gasteiger partial charge in [0, 0.05) is 0 Å². The molecule has 0 atom stereocenters. The maximum absolute atomic E-state index is 5.78. The Morgan fingerprint density at radius 2 is 1.76 bits per heavy atom. The van der Waals surface area contributed by atoms with Crippen molar-refractivity contribution in [1.82, 2.24) is 0 Å². The Bertz CT molecular complexity index is 290. The van der Waals surface area contributed by atoms with Crippen LogP contribution in [-0.4, -0.2) is 13.2 Å². The zero-order valence-corrected chi connectivity index (χ0v) is 11.1. The number of rotatable bonds is 8. The first-order chi connectivity index (χ1) is 8.30. The van der Waals surface area contributed by atoms with E-state index in [1.54, 1.807) is 0 Å². The van der Waals surface area contributed by atoms with E-state index in [1.165, 1.54) is 18.4 Å². The first-order valence-electron chi connectivity index (χ1n) is 6.71. The van der Waals surface area contributed by atoms with Gasteiger partial charge in [-0.2, -0.15) is 0 Å². The Morgan fingerprint density at radius 1 is 1.12 bits per heavy atom. The van der Waals surface area contributed by atoms with Gasteiger partial charge in [0.1, 0.15) is 5.75 Å². The molecule has 1 rings (SSSR count). The topological polar surface area (TPSA) is 35.2 Å². The molecule has 17 heavy (non-hydrogen) atoms. The average Bonchev–Trinajstić information content (AvgIpc) is 2.39. The van der Waals surface area contributed by atoms with Crippen molar-refractivity contribution in [3.8, 4) is 5.75 Å². The molecule has 96 valence electrons. The SMILES string of the molecule is CCC(CC)COc1ccc(CCCN)cc1. The molecule has 0 aromatic heterocycles. The van der Waals surface area contributed by atoms with Gasteiger partial charge in [-0.3, -0.25) is 0 Å². The highest BCUT2D eigenvalue weighted by Gasteiger charge is 2.04. The van der Waals surface area contributed by atoms with Gasteiger partial charge in [-0.15, -0.1) is 0 Å². The fourth-order valence-electron chi connectivity index (χ4n) is 1.80. The standard InChI is InChI=1S/C15H25NO/c1-3-13(4-2)12-17-15-9-7-14(8-10-15)6-5-11-16/h7-10,13H,3-6,11-12,16H2,1-2H3. The third-order valence-electron chi connectivity index (χ3n) is 3.23. The van der Waals surface area contributed by atoms with E-state index in [0.29, 0.717) is 5.92 Å². The second-order valence-corrected chi connectivity index (χ2v) is 4.53. The van der Waals surface area contributed by atoms with E-state index >= 15 is 0 Å². The third kappa shape index (κ3) is 5.22. The van der Waals surface area contributed by atoms with Crippen LogP contribution in [-0.2, 0) is 6.42 Å². The van der Waals surface area contributed by atoms with E-state index in [-0.39, 0.29) is 0 Å². The van der Waals surface area contributed by atoms with Gasteiger partial charge in [-0.1, -0.05) is 38.8 Å².